The molecule has 1 aromatic heterocycles. The monoisotopic (exact) mass is 407 g/mol. The molecule has 0 fully saturated rings. The summed E-state index contributed by atoms with van der Waals surface area (Å²) < 4.78 is 12.2. The van der Waals surface area contributed by atoms with E-state index in [1.165, 1.54) is 6.07 Å². The summed E-state index contributed by atoms with van der Waals surface area (Å²) in [5.41, 5.74) is 0.138. The minimum absolute atomic E-state index is 0.0218. The number of nitrogens with zero attached hydrogens (tertiary/aromatic N) is 2. The molecule has 0 aliphatic heterocycles. The maximum absolute atomic E-state index is 12.6. The predicted molar refractivity (Wildman–Crippen MR) is 108 cm³/mol. The van der Waals surface area contributed by atoms with Crippen LogP contribution in [0.15, 0.2) is 27.8 Å². The fraction of sp³-hybridized carbons (Fsp3) is 0.550. The Morgan fingerprint density at radius 1 is 1.17 bits per heavy atom. The number of hydrogen-bond acceptors (Lipinski definition) is 6. The number of ketones is 1. The van der Waals surface area contributed by atoms with Gasteiger partial charge >= 0.3 is 11.4 Å². The third kappa shape index (κ3) is 6.43. The molecule has 0 radical (unpaired) electrons. The van der Waals surface area contributed by atoms with Crippen LogP contribution in [0, 0.1) is 0 Å². The molecule has 2 rings (SSSR count). The lowest BCUT2D eigenvalue weighted by atomic mass is 10.1. The molecular weight excluding hydrogens is 378 g/mol. The number of carbonyl (C=O) groups excluding carboxylic acids is 1. The standard InChI is InChI=1S/C20H29N3O6/c1-3-15-8-9-18(25)17(13-15)23-20(27)22(19(26)21-23)10-6-4-5-7-16(24)14-29-12-11-28-2/h8-9,13,25H,3-7,10-12,14H2,1-2H3,(H,21,26). The van der Waals surface area contributed by atoms with Gasteiger partial charge < -0.3 is 14.6 Å². The van der Waals surface area contributed by atoms with Crippen molar-refractivity contribution in [2.45, 2.75) is 45.6 Å². The zero-order valence-electron chi connectivity index (χ0n) is 17.0. The highest BCUT2D eigenvalue weighted by Crippen LogP contribution is 2.21. The molecule has 9 heteroatoms. The Bertz CT molecular complexity index is 912. The predicted octanol–water partition coefficient (Wildman–Crippen LogP) is 1.39. The molecule has 0 bridgehead atoms. The molecule has 2 aromatic rings. The van der Waals surface area contributed by atoms with Gasteiger partial charge in [-0.25, -0.2) is 19.3 Å². The lowest BCUT2D eigenvalue weighted by Crippen LogP contribution is -2.28. The van der Waals surface area contributed by atoms with Gasteiger partial charge in [-0.1, -0.05) is 19.4 Å². The van der Waals surface area contributed by atoms with Gasteiger partial charge in [-0.3, -0.25) is 4.79 Å². The zero-order chi connectivity index (χ0) is 21.2. The van der Waals surface area contributed by atoms with E-state index in [0.717, 1.165) is 21.2 Å². The largest absolute Gasteiger partial charge is 0.506 e. The number of rotatable bonds is 13. The van der Waals surface area contributed by atoms with E-state index in [2.05, 4.69) is 5.10 Å². The summed E-state index contributed by atoms with van der Waals surface area (Å²) in [6.07, 6.45) is 3.10. The zero-order valence-corrected chi connectivity index (χ0v) is 17.0. The summed E-state index contributed by atoms with van der Waals surface area (Å²) in [5.74, 6) is -0.0579. The number of hydrogen-bond donors (Lipinski definition) is 2. The van der Waals surface area contributed by atoms with Crippen molar-refractivity contribution in [3.8, 4) is 11.4 Å². The molecule has 0 aliphatic rings. The Balaban J connectivity index is 1.88. The third-order valence-corrected chi connectivity index (χ3v) is 4.60. The highest BCUT2D eigenvalue weighted by Gasteiger charge is 2.14. The first-order valence-corrected chi connectivity index (χ1v) is 9.80. The molecule has 0 amide bonds. The lowest BCUT2D eigenvalue weighted by molar-refractivity contribution is -0.124. The average Bonchev–Trinajstić information content (AvgIpc) is 2.99. The van der Waals surface area contributed by atoms with Gasteiger partial charge in [0, 0.05) is 20.1 Å². The van der Waals surface area contributed by atoms with E-state index in [0.29, 0.717) is 38.9 Å². The van der Waals surface area contributed by atoms with E-state index in [4.69, 9.17) is 9.47 Å². The molecule has 0 spiro atoms. The van der Waals surface area contributed by atoms with E-state index < -0.39 is 11.4 Å². The summed E-state index contributed by atoms with van der Waals surface area (Å²) in [6, 6.07) is 4.95. The molecule has 1 aromatic carbocycles. The smallest absolute Gasteiger partial charge is 0.351 e. The van der Waals surface area contributed by atoms with Gasteiger partial charge in [0.1, 0.15) is 18.0 Å². The van der Waals surface area contributed by atoms with Crippen LogP contribution in [0.4, 0.5) is 0 Å². The van der Waals surface area contributed by atoms with Crippen LogP contribution in [0.2, 0.25) is 0 Å². The van der Waals surface area contributed by atoms with Crippen LogP contribution in [0.25, 0.3) is 5.69 Å². The van der Waals surface area contributed by atoms with Gasteiger partial charge in [0.15, 0.2) is 5.78 Å². The first-order chi connectivity index (χ1) is 14.0. The van der Waals surface area contributed by atoms with Crippen LogP contribution in [0.5, 0.6) is 5.75 Å². The van der Waals surface area contributed by atoms with Crippen molar-refractivity contribution in [2.24, 2.45) is 0 Å². The number of aromatic nitrogens is 3. The Kier molecular flexibility index (Phi) is 8.88. The molecule has 0 saturated heterocycles. The van der Waals surface area contributed by atoms with Gasteiger partial charge in [-0.05, 0) is 37.0 Å². The Hall–Kier alpha value is -2.65. The van der Waals surface area contributed by atoms with Crippen LogP contribution < -0.4 is 11.4 Å². The van der Waals surface area contributed by atoms with Gasteiger partial charge in [-0.2, -0.15) is 4.68 Å². The Labute approximate surface area is 168 Å². The number of unbranched alkanes of at least 4 members (excludes halogenated alkanes) is 2. The molecular formula is C20H29N3O6. The van der Waals surface area contributed by atoms with Crippen LogP contribution in [0.1, 0.15) is 38.2 Å². The van der Waals surface area contributed by atoms with E-state index in [9.17, 15) is 19.5 Å². The van der Waals surface area contributed by atoms with Crippen molar-refractivity contribution in [3.05, 3.63) is 44.7 Å². The van der Waals surface area contributed by atoms with Crippen molar-refractivity contribution in [3.63, 3.8) is 0 Å². The quantitative estimate of drug-likeness (QED) is 0.485. The highest BCUT2D eigenvalue weighted by atomic mass is 16.5. The van der Waals surface area contributed by atoms with Crippen LogP contribution in [0.3, 0.4) is 0 Å². The maximum atomic E-state index is 12.6. The fourth-order valence-corrected chi connectivity index (χ4v) is 2.91. The minimum atomic E-state index is -0.529. The number of aromatic amines is 1. The summed E-state index contributed by atoms with van der Waals surface area (Å²) in [6.45, 7) is 3.13. The lowest BCUT2D eigenvalue weighted by Gasteiger charge is -2.06. The number of methoxy groups -OCH3 is 1. The number of carbonyl (C=O) groups is 1. The molecule has 9 nitrogen and oxygen atoms in total. The summed E-state index contributed by atoms with van der Waals surface area (Å²) >= 11 is 0. The molecule has 1 heterocycles. The maximum Gasteiger partial charge on any atom is 0.351 e. The number of nitrogens with one attached hydrogen (secondary N) is 1. The molecule has 2 N–H and O–H groups in total. The van der Waals surface area contributed by atoms with Crippen molar-refractivity contribution in [2.75, 3.05) is 26.9 Å². The minimum Gasteiger partial charge on any atom is -0.506 e. The average molecular weight is 407 g/mol. The number of aryl methyl sites for hydroxylation is 1. The number of Topliss-reactive ketones (excluding diaryl/α,β-unsaturated/α-hetero) is 1. The Morgan fingerprint density at radius 3 is 2.69 bits per heavy atom. The topological polar surface area (TPSA) is 116 Å². The first kappa shape index (κ1) is 22.6. The SMILES string of the molecule is CCc1ccc(O)c(-n2[nH]c(=O)n(CCCCCC(=O)COCCOC)c2=O)c1. The molecule has 160 valence electrons. The highest BCUT2D eigenvalue weighted by molar-refractivity contribution is 5.79. The molecule has 0 atom stereocenters. The third-order valence-electron chi connectivity index (χ3n) is 4.60. The normalized spacial score (nSPS) is 11.1. The Morgan fingerprint density at radius 2 is 1.97 bits per heavy atom. The van der Waals surface area contributed by atoms with Crippen molar-refractivity contribution in [1.29, 1.82) is 0 Å². The summed E-state index contributed by atoms with van der Waals surface area (Å²) in [4.78, 5) is 36.4. The second-order valence-electron chi connectivity index (χ2n) is 6.76. The van der Waals surface area contributed by atoms with Crippen LogP contribution in [-0.4, -0.2) is 52.2 Å². The van der Waals surface area contributed by atoms with Gasteiger partial charge in [0.2, 0.25) is 0 Å². The number of phenols is 1. The van der Waals surface area contributed by atoms with Crippen molar-refractivity contribution in [1.82, 2.24) is 14.3 Å². The van der Waals surface area contributed by atoms with Crippen LogP contribution in [-0.2, 0) is 27.2 Å². The van der Waals surface area contributed by atoms with Gasteiger partial charge in [0.05, 0.1) is 13.2 Å². The summed E-state index contributed by atoms with van der Waals surface area (Å²) in [5, 5.41) is 12.5. The second kappa shape index (κ2) is 11.4. The van der Waals surface area contributed by atoms with Gasteiger partial charge in [-0.15, -0.1) is 0 Å². The fourth-order valence-electron chi connectivity index (χ4n) is 2.91. The second-order valence-corrected chi connectivity index (χ2v) is 6.76. The number of H-pyrrole nitrogens is 1. The van der Waals surface area contributed by atoms with E-state index in [1.807, 2.05) is 6.92 Å². The number of ether oxygens (including phenoxy) is 2. The number of benzene rings is 1. The molecule has 0 unspecified atom stereocenters. The molecule has 0 saturated carbocycles. The molecule has 29 heavy (non-hydrogen) atoms. The van der Waals surface area contributed by atoms with Gasteiger partial charge in [0.25, 0.3) is 0 Å². The van der Waals surface area contributed by atoms with E-state index in [-0.39, 0.29) is 30.4 Å². The number of aromatic hydroxyl groups is 1. The first-order valence-electron chi connectivity index (χ1n) is 9.80. The summed E-state index contributed by atoms with van der Waals surface area (Å²) in [7, 11) is 1.57. The van der Waals surface area contributed by atoms with Crippen LogP contribution >= 0.6 is 0 Å². The van der Waals surface area contributed by atoms with E-state index >= 15 is 0 Å². The van der Waals surface area contributed by atoms with Crippen molar-refractivity contribution >= 4 is 5.78 Å². The molecule has 0 aliphatic carbocycles. The number of phenolic OH excluding ortho intramolecular Hbond substituents is 1. The van der Waals surface area contributed by atoms with Crippen molar-refractivity contribution < 1.29 is 19.4 Å². The van der Waals surface area contributed by atoms with E-state index in [1.54, 1.807) is 19.2 Å².